The number of phenols is 6. The number of phenolic OH excluding ortho intramolecular Hbond substituents is 6. The second kappa shape index (κ2) is 14.7. The summed E-state index contributed by atoms with van der Waals surface area (Å²) in [5.41, 5.74) is 0. The molecule has 6 aromatic carbocycles. The van der Waals surface area contributed by atoms with Crippen molar-refractivity contribution < 1.29 is 57.8 Å². The molecule has 0 saturated carbocycles. The van der Waals surface area contributed by atoms with Crippen molar-refractivity contribution in [1.29, 1.82) is 0 Å². The van der Waals surface area contributed by atoms with Gasteiger partial charge in [-0.1, -0.05) is 0 Å². The molecule has 0 radical (unpaired) electrons. The Kier molecular flexibility index (Phi) is 10.0. The van der Waals surface area contributed by atoms with Crippen LogP contribution in [0, 0.1) is 0 Å². The zero-order valence-corrected chi connectivity index (χ0v) is 31.5. The molecule has 1 fully saturated rings. The van der Waals surface area contributed by atoms with Crippen LogP contribution in [0.5, 0.6) is 69.0 Å². The summed E-state index contributed by atoms with van der Waals surface area (Å²) in [6.07, 6.45) is 0. The molecular formula is C37H36N3O12P3+2. The molecule has 1 saturated heterocycles. The van der Waals surface area contributed by atoms with Gasteiger partial charge in [0.05, 0.1) is 0 Å². The fourth-order valence-corrected chi connectivity index (χ4v) is 18.3. The van der Waals surface area contributed by atoms with E-state index in [1.807, 2.05) is 0 Å². The molecule has 9 N–H and O–H groups in total. The quantitative estimate of drug-likeness (QED) is 0.0529. The molecular weight excluding hydrogens is 771 g/mol. The second-order valence-electron chi connectivity index (χ2n) is 12.3. The third-order valence-electron chi connectivity index (χ3n) is 7.60. The maximum absolute atomic E-state index is 10.2. The Bertz CT molecular complexity index is 1980. The van der Waals surface area contributed by atoms with Gasteiger partial charge in [-0.25, -0.2) is 0 Å². The van der Waals surface area contributed by atoms with E-state index in [1.165, 1.54) is 146 Å². The van der Waals surface area contributed by atoms with Crippen LogP contribution in [0.2, 0.25) is 0 Å². The Hall–Kier alpha value is -5.91. The van der Waals surface area contributed by atoms with Crippen molar-refractivity contribution in [3.05, 3.63) is 146 Å². The van der Waals surface area contributed by atoms with Gasteiger partial charge in [0.25, 0.3) is 0 Å². The molecule has 0 aromatic heterocycles. The van der Waals surface area contributed by atoms with E-state index in [0.717, 1.165) is 0 Å². The van der Waals surface area contributed by atoms with E-state index in [1.54, 1.807) is 6.66 Å². The van der Waals surface area contributed by atoms with E-state index in [0.29, 0.717) is 0 Å². The van der Waals surface area contributed by atoms with Crippen LogP contribution in [-0.2, 0) is 0 Å². The number of benzene rings is 6. The summed E-state index contributed by atoms with van der Waals surface area (Å²) in [6, 6.07) is 35.2. The molecule has 0 amide bonds. The van der Waals surface area contributed by atoms with Crippen molar-refractivity contribution in [1.82, 2.24) is 14.6 Å². The second-order valence-corrected chi connectivity index (χ2v) is 20.7. The molecule has 0 bridgehead atoms. The predicted octanol–water partition coefficient (Wildman–Crippen LogP) is 8.67. The first-order valence-corrected chi connectivity index (χ1v) is 22.1. The number of hydrogen-bond donors (Lipinski definition) is 9. The molecule has 0 unspecified atom stereocenters. The SMILES string of the molecule is CP1(Oc2ccc(O)cc2)(Oc2ccc(O)cc2)N[P+](Oc2ccc(O)cc2)(Oc2ccc(O)cc2)N[P+](Oc2ccc(O)cc2)(Oc2ccc(O)cc2)N1. The van der Waals surface area contributed by atoms with Gasteiger partial charge in [-0.15, -0.1) is 0 Å². The van der Waals surface area contributed by atoms with Crippen LogP contribution < -0.4 is 41.7 Å². The van der Waals surface area contributed by atoms with Crippen LogP contribution >= 0.6 is 23.4 Å². The zero-order valence-electron chi connectivity index (χ0n) is 28.8. The summed E-state index contributed by atoms with van der Waals surface area (Å²) >= 11 is 0. The van der Waals surface area contributed by atoms with Crippen LogP contribution in [0.4, 0.5) is 0 Å². The summed E-state index contributed by atoms with van der Waals surface area (Å²) in [6.45, 7) is 1.61. The van der Waals surface area contributed by atoms with Crippen LogP contribution in [0.15, 0.2) is 146 Å². The van der Waals surface area contributed by atoms with Gasteiger partial charge < -0.3 is 0 Å². The Morgan fingerprint density at radius 1 is 0.345 bits per heavy atom. The summed E-state index contributed by atoms with van der Waals surface area (Å²) in [5, 5.41) is 60.9. The van der Waals surface area contributed by atoms with Crippen molar-refractivity contribution >= 4 is 23.4 Å². The van der Waals surface area contributed by atoms with Crippen molar-refractivity contribution in [2.24, 2.45) is 0 Å². The number of hydrogen-bond acceptors (Lipinski definition) is 15. The molecule has 55 heavy (non-hydrogen) atoms. The van der Waals surface area contributed by atoms with Crippen LogP contribution in [-0.4, -0.2) is 37.3 Å². The monoisotopic (exact) mass is 807 g/mol. The minimum absolute atomic E-state index is 0.0277. The van der Waals surface area contributed by atoms with Crippen LogP contribution in [0.25, 0.3) is 0 Å². The molecule has 7 rings (SSSR count). The first kappa shape index (κ1) is 37.4. The Morgan fingerprint density at radius 2 is 0.545 bits per heavy atom. The summed E-state index contributed by atoms with van der Waals surface area (Å²) in [5.74, 6) is 1.07. The fourth-order valence-electron chi connectivity index (χ4n) is 5.29. The molecule has 1 heterocycles. The molecule has 15 nitrogen and oxygen atoms in total. The predicted molar refractivity (Wildman–Crippen MR) is 208 cm³/mol. The van der Waals surface area contributed by atoms with Crippen molar-refractivity contribution in [3.63, 3.8) is 0 Å². The maximum atomic E-state index is 10.2. The third-order valence-corrected chi connectivity index (χ3v) is 18.7. The normalized spacial score (nSPS) is 17.0. The van der Waals surface area contributed by atoms with Gasteiger partial charge in [-0.2, -0.15) is 0 Å². The molecule has 0 aliphatic carbocycles. The average Bonchev–Trinajstić information content (AvgIpc) is 3.14. The van der Waals surface area contributed by atoms with Gasteiger partial charge in [-0.05, 0) is 0 Å². The minimum atomic E-state index is -4.99. The zero-order chi connectivity index (χ0) is 38.7. The molecule has 1 aliphatic rings. The van der Waals surface area contributed by atoms with Gasteiger partial charge in [-0.3, -0.25) is 0 Å². The first-order chi connectivity index (χ1) is 26.3. The van der Waals surface area contributed by atoms with Gasteiger partial charge in [0.2, 0.25) is 0 Å². The summed E-state index contributed by atoms with van der Waals surface area (Å²) < 4.78 is 40.9. The van der Waals surface area contributed by atoms with Crippen LogP contribution in [0.3, 0.4) is 0 Å². The summed E-state index contributed by atoms with van der Waals surface area (Å²) in [4.78, 5) is 10.2. The van der Waals surface area contributed by atoms with E-state index < -0.39 is 23.4 Å². The van der Waals surface area contributed by atoms with Gasteiger partial charge in [0.1, 0.15) is 0 Å². The molecule has 6 aromatic rings. The van der Waals surface area contributed by atoms with E-state index in [-0.39, 0.29) is 69.0 Å². The van der Waals surface area contributed by atoms with Gasteiger partial charge in [0.15, 0.2) is 0 Å². The van der Waals surface area contributed by atoms with E-state index in [4.69, 9.17) is 27.1 Å². The third kappa shape index (κ3) is 9.08. The standard InChI is InChI=1S/C37H34N3O12P3/c1-55(51-36-22-10-30(45)11-23-36,52-37-24-12-31(46)13-25-37)39-53(47-32-14-2-26(41)3-15-32,48-33-16-4-27(42)5-17-33)38-54(40-55,49-34-18-6-28(43)7-19-34)50-35-20-8-29(44)9-21-35/h2-25,38-40H,1H3,(H4-2,41,42,43,44,45,46)/p+2. The van der Waals surface area contributed by atoms with Crippen molar-refractivity contribution in [2.45, 2.75) is 0 Å². The van der Waals surface area contributed by atoms with E-state index in [9.17, 15) is 30.6 Å². The Labute approximate surface area is 316 Å². The summed E-state index contributed by atoms with van der Waals surface area (Å²) in [7, 11) is -13.1. The Morgan fingerprint density at radius 3 is 0.764 bits per heavy atom. The number of rotatable bonds is 12. The van der Waals surface area contributed by atoms with Crippen molar-refractivity contribution in [3.8, 4) is 69.0 Å². The van der Waals surface area contributed by atoms with Gasteiger partial charge in [0, 0.05) is 0 Å². The van der Waals surface area contributed by atoms with Gasteiger partial charge >= 0.3 is 317 Å². The first-order valence-electron chi connectivity index (χ1n) is 16.4. The molecule has 0 atom stereocenters. The fraction of sp³-hybridized carbons (Fsp3) is 0.0270. The van der Waals surface area contributed by atoms with Crippen molar-refractivity contribution in [2.75, 3.05) is 6.66 Å². The average molecular weight is 808 g/mol. The molecule has 284 valence electrons. The molecule has 18 heteroatoms. The molecule has 0 spiro atoms. The van der Waals surface area contributed by atoms with Crippen LogP contribution in [0.1, 0.15) is 0 Å². The Balaban J connectivity index is 1.50. The van der Waals surface area contributed by atoms with E-state index in [2.05, 4.69) is 14.6 Å². The van der Waals surface area contributed by atoms with E-state index >= 15 is 0 Å². The molecule has 1 aliphatic heterocycles. The number of aromatic hydroxyl groups is 6. The number of nitrogens with one attached hydrogen (secondary N) is 3. The topological polar surface area (TPSA) is 213 Å².